The smallest absolute Gasteiger partial charge is 0.0492 e. The maximum absolute atomic E-state index is 4.29. The number of nitrogens with zero attached hydrogens (tertiary/aromatic N) is 3. The van der Waals surface area contributed by atoms with Crippen LogP contribution >= 0.6 is 0 Å². The molecule has 1 saturated heterocycles. The Kier molecular flexibility index (Phi) is 4.99. The van der Waals surface area contributed by atoms with Crippen molar-refractivity contribution in [2.24, 2.45) is 18.9 Å². The van der Waals surface area contributed by atoms with Gasteiger partial charge in [-0.1, -0.05) is 26.2 Å². The van der Waals surface area contributed by atoms with Crippen molar-refractivity contribution in [3.8, 4) is 0 Å². The average molecular weight is 289 g/mol. The first-order chi connectivity index (χ1) is 10.2. The average Bonchev–Trinajstić information content (AvgIpc) is 3.10. The lowest BCUT2D eigenvalue weighted by Gasteiger charge is -2.35. The maximum atomic E-state index is 4.29. The molecule has 0 bridgehead atoms. The Bertz CT molecular complexity index is 433. The van der Waals surface area contributed by atoms with Crippen LogP contribution in [0.4, 0.5) is 0 Å². The molecule has 2 atom stereocenters. The zero-order valence-corrected chi connectivity index (χ0v) is 13.8. The van der Waals surface area contributed by atoms with Crippen molar-refractivity contribution >= 4 is 0 Å². The zero-order chi connectivity index (χ0) is 14.7. The fourth-order valence-electron chi connectivity index (χ4n) is 4.55. The molecule has 118 valence electrons. The zero-order valence-electron chi connectivity index (χ0n) is 13.8. The summed E-state index contributed by atoms with van der Waals surface area (Å²) in [7, 11) is 2.06. The first kappa shape index (κ1) is 15.1. The summed E-state index contributed by atoms with van der Waals surface area (Å²) in [5, 5.41) is 4.29. The van der Waals surface area contributed by atoms with Crippen molar-refractivity contribution in [3.63, 3.8) is 0 Å². The van der Waals surface area contributed by atoms with Crippen LogP contribution in [0.3, 0.4) is 0 Å². The molecule has 2 heterocycles. The third kappa shape index (κ3) is 3.68. The Morgan fingerprint density at radius 2 is 2.00 bits per heavy atom. The molecule has 3 nitrogen and oxygen atoms in total. The van der Waals surface area contributed by atoms with Crippen LogP contribution in [0.1, 0.15) is 57.6 Å². The second kappa shape index (κ2) is 6.95. The van der Waals surface area contributed by atoms with Crippen LogP contribution in [0.25, 0.3) is 0 Å². The van der Waals surface area contributed by atoms with E-state index in [1.807, 2.05) is 10.9 Å². The van der Waals surface area contributed by atoms with Gasteiger partial charge in [-0.25, -0.2) is 0 Å². The molecule has 0 unspecified atom stereocenters. The van der Waals surface area contributed by atoms with E-state index in [1.165, 1.54) is 63.7 Å². The predicted molar refractivity (Wildman–Crippen MR) is 87.2 cm³/mol. The van der Waals surface area contributed by atoms with E-state index in [1.54, 1.807) is 0 Å². The van der Waals surface area contributed by atoms with Crippen LogP contribution in [-0.4, -0.2) is 33.8 Å². The lowest BCUT2D eigenvalue weighted by atomic mass is 9.82. The fourth-order valence-corrected chi connectivity index (χ4v) is 4.55. The molecule has 0 N–H and O–H groups in total. The minimum atomic E-state index is 0.726. The highest BCUT2D eigenvalue weighted by Gasteiger charge is 2.32. The number of aromatic nitrogens is 2. The van der Waals surface area contributed by atoms with Crippen LogP contribution < -0.4 is 0 Å². The summed E-state index contributed by atoms with van der Waals surface area (Å²) in [5.74, 6) is 1.72. The molecule has 0 amide bonds. The number of likely N-dealkylation sites (tertiary alicyclic amines) is 1. The molecule has 1 aliphatic heterocycles. The van der Waals surface area contributed by atoms with Gasteiger partial charge in [-0.2, -0.15) is 5.10 Å². The van der Waals surface area contributed by atoms with Crippen LogP contribution in [0.5, 0.6) is 0 Å². The maximum Gasteiger partial charge on any atom is 0.0492 e. The highest BCUT2D eigenvalue weighted by atomic mass is 15.3. The standard InChI is InChI=1S/C18H31N3/c1-15(13-17-10-11-19-20(17)2)14-21-12-6-9-18(21)16-7-4-3-5-8-16/h10-11,15-16,18H,3-9,12-14H2,1-2H3/t15-,18-/m0/s1. The van der Waals surface area contributed by atoms with E-state index < -0.39 is 0 Å². The molecule has 2 aliphatic rings. The SMILES string of the molecule is C[C@@H](Cc1ccnn1C)CN1CCC[C@H]1C1CCCCC1. The summed E-state index contributed by atoms with van der Waals surface area (Å²) in [4.78, 5) is 2.82. The molecule has 1 saturated carbocycles. The highest BCUT2D eigenvalue weighted by Crippen LogP contribution is 2.34. The van der Waals surface area contributed by atoms with Gasteiger partial charge in [-0.05, 0) is 56.6 Å². The molecule has 0 radical (unpaired) electrons. The summed E-state index contributed by atoms with van der Waals surface area (Å²) in [6, 6.07) is 3.05. The van der Waals surface area contributed by atoms with Gasteiger partial charge in [0.25, 0.3) is 0 Å². The molecule has 2 fully saturated rings. The number of aryl methyl sites for hydroxylation is 1. The van der Waals surface area contributed by atoms with Gasteiger partial charge in [-0.15, -0.1) is 0 Å². The lowest BCUT2D eigenvalue weighted by Crippen LogP contribution is -2.39. The summed E-state index contributed by atoms with van der Waals surface area (Å²) in [6.45, 7) is 5.01. The Labute approximate surface area is 129 Å². The molecule has 3 heteroatoms. The van der Waals surface area contributed by atoms with E-state index in [-0.39, 0.29) is 0 Å². The quantitative estimate of drug-likeness (QED) is 0.825. The second-order valence-corrected chi connectivity index (χ2v) is 7.36. The van der Waals surface area contributed by atoms with Crippen LogP contribution in [0.2, 0.25) is 0 Å². The largest absolute Gasteiger partial charge is 0.300 e. The normalized spacial score (nSPS) is 26.3. The minimum Gasteiger partial charge on any atom is -0.300 e. The summed E-state index contributed by atoms with van der Waals surface area (Å²) < 4.78 is 2.03. The first-order valence-corrected chi connectivity index (χ1v) is 8.95. The van der Waals surface area contributed by atoms with Gasteiger partial charge in [0.2, 0.25) is 0 Å². The van der Waals surface area contributed by atoms with Gasteiger partial charge < -0.3 is 0 Å². The molecule has 1 aliphatic carbocycles. The predicted octanol–water partition coefficient (Wildman–Crippen LogP) is 3.64. The third-order valence-corrected chi connectivity index (χ3v) is 5.63. The Morgan fingerprint density at radius 1 is 1.19 bits per heavy atom. The number of hydrogen-bond donors (Lipinski definition) is 0. The van der Waals surface area contributed by atoms with E-state index >= 15 is 0 Å². The summed E-state index contributed by atoms with van der Waals surface area (Å²) >= 11 is 0. The van der Waals surface area contributed by atoms with Crippen molar-refractivity contribution in [1.82, 2.24) is 14.7 Å². The van der Waals surface area contributed by atoms with Crippen LogP contribution in [0, 0.1) is 11.8 Å². The summed E-state index contributed by atoms with van der Waals surface area (Å²) in [5.41, 5.74) is 1.37. The van der Waals surface area contributed by atoms with Crippen LogP contribution in [-0.2, 0) is 13.5 Å². The molecular formula is C18H31N3. The van der Waals surface area contributed by atoms with Crippen molar-refractivity contribution in [1.29, 1.82) is 0 Å². The van der Waals surface area contributed by atoms with Gasteiger partial charge >= 0.3 is 0 Å². The van der Waals surface area contributed by atoms with E-state index in [9.17, 15) is 0 Å². The van der Waals surface area contributed by atoms with E-state index in [0.717, 1.165) is 24.3 Å². The van der Waals surface area contributed by atoms with Crippen LogP contribution in [0.15, 0.2) is 12.3 Å². The molecule has 1 aromatic heterocycles. The van der Waals surface area contributed by atoms with Gasteiger partial charge in [0, 0.05) is 31.5 Å². The lowest BCUT2D eigenvalue weighted by molar-refractivity contribution is 0.140. The van der Waals surface area contributed by atoms with Gasteiger partial charge in [0.05, 0.1) is 0 Å². The number of rotatable bonds is 5. The van der Waals surface area contributed by atoms with Gasteiger partial charge in [-0.3, -0.25) is 9.58 Å². The summed E-state index contributed by atoms with van der Waals surface area (Å²) in [6.07, 6.45) is 13.3. The highest BCUT2D eigenvalue weighted by molar-refractivity contribution is 5.01. The van der Waals surface area contributed by atoms with E-state index in [4.69, 9.17) is 0 Å². The molecular weight excluding hydrogens is 258 g/mol. The third-order valence-electron chi connectivity index (χ3n) is 5.63. The van der Waals surface area contributed by atoms with Gasteiger partial charge in [0.15, 0.2) is 0 Å². The Morgan fingerprint density at radius 3 is 2.71 bits per heavy atom. The topological polar surface area (TPSA) is 21.1 Å². The van der Waals surface area contributed by atoms with E-state index in [0.29, 0.717) is 0 Å². The fraction of sp³-hybridized carbons (Fsp3) is 0.833. The molecule has 0 aromatic carbocycles. The Hall–Kier alpha value is -0.830. The second-order valence-electron chi connectivity index (χ2n) is 7.36. The molecule has 1 aromatic rings. The van der Waals surface area contributed by atoms with Crippen molar-refractivity contribution < 1.29 is 0 Å². The molecule has 21 heavy (non-hydrogen) atoms. The van der Waals surface area contributed by atoms with Crippen molar-refractivity contribution in [2.45, 2.75) is 64.3 Å². The monoisotopic (exact) mass is 289 g/mol. The van der Waals surface area contributed by atoms with E-state index in [2.05, 4.69) is 30.0 Å². The van der Waals surface area contributed by atoms with Crippen molar-refractivity contribution in [2.75, 3.05) is 13.1 Å². The van der Waals surface area contributed by atoms with Gasteiger partial charge in [0.1, 0.15) is 0 Å². The minimum absolute atomic E-state index is 0.726. The van der Waals surface area contributed by atoms with Crippen molar-refractivity contribution in [3.05, 3.63) is 18.0 Å². The Balaban J connectivity index is 1.54. The molecule has 0 spiro atoms. The molecule has 3 rings (SSSR count). The first-order valence-electron chi connectivity index (χ1n) is 8.95. The number of hydrogen-bond acceptors (Lipinski definition) is 2.